The molecule has 2 N–H and O–H groups in total. The number of rotatable bonds is 6. The number of hydrogen-bond acceptors (Lipinski definition) is 3. The molecule has 0 atom stereocenters. The van der Waals surface area contributed by atoms with Crippen molar-refractivity contribution in [3.63, 3.8) is 0 Å². The van der Waals surface area contributed by atoms with Crippen LogP contribution in [0.3, 0.4) is 0 Å². The fourth-order valence-corrected chi connectivity index (χ4v) is 2.89. The first kappa shape index (κ1) is 17.2. The second-order valence-corrected chi connectivity index (χ2v) is 5.70. The van der Waals surface area contributed by atoms with E-state index >= 15 is 0 Å². The molecule has 0 saturated carbocycles. The number of hydrogen-bond donors (Lipinski definition) is 2. The van der Waals surface area contributed by atoms with Gasteiger partial charge in [0.1, 0.15) is 23.0 Å². The van der Waals surface area contributed by atoms with Gasteiger partial charge in [-0.3, -0.25) is 0 Å². The van der Waals surface area contributed by atoms with Gasteiger partial charge >= 0.3 is 0 Å². The first-order valence-corrected chi connectivity index (χ1v) is 8.41. The van der Waals surface area contributed by atoms with Gasteiger partial charge in [-0.15, -0.1) is 0 Å². The standard InChI is InChI=1S/C20H26O3/c1-5-13-9-17(21)10-14(6-2)19(13)23-20-15(7-3)11-18(22)12-16(20)8-4/h9-12,21-22H,5-8H2,1-4H3. The van der Waals surface area contributed by atoms with Crippen LogP contribution in [0.5, 0.6) is 23.0 Å². The predicted molar refractivity (Wildman–Crippen MR) is 93.8 cm³/mol. The average Bonchev–Trinajstić information content (AvgIpc) is 2.56. The summed E-state index contributed by atoms with van der Waals surface area (Å²) in [5, 5.41) is 19.8. The van der Waals surface area contributed by atoms with E-state index in [1.165, 1.54) is 0 Å². The molecule has 124 valence electrons. The van der Waals surface area contributed by atoms with Crippen LogP contribution in [0, 0.1) is 0 Å². The molecule has 0 heterocycles. The van der Waals surface area contributed by atoms with Crippen molar-refractivity contribution < 1.29 is 14.9 Å². The first-order chi connectivity index (χ1) is 11.0. The van der Waals surface area contributed by atoms with Crippen molar-refractivity contribution in [1.29, 1.82) is 0 Å². The molecule has 2 rings (SSSR count). The summed E-state index contributed by atoms with van der Waals surface area (Å²) in [6.45, 7) is 8.22. The Hall–Kier alpha value is -2.16. The molecule has 2 aromatic carbocycles. The van der Waals surface area contributed by atoms with Crippen molar-refractivity contribution in [3.8, 4) is 23.0 Å². The summed E-state index contributed by atoms with van der Waals surface area (Å²) in [5.74, 6) is 2.23. The van der Waals surface area contributed by atoms with Crippen molar-refractivity contribution in [2.45, 2.75) is 53.4 Å². The SMILES string of the molecule is CCc1cc(O)cc(CC)c1Oc1c(CC)cc(O)cc1CC. The summed E-state index contributed by atoms with van der Waals surface area (Å²) < 4.78 is 6.35. The summed E-state index contributed by atoms with van der Waals surface area (Å²) >= 11 is 0. The lowest BCUT2D eigenvalue weighted by molar-refractivity contribution is 0.442. The van der Waals surface area contributed by atoms with Crippen LogP contribution in [0.2, 0.25) is 0 Å². The van der Waals surface area contributed by atoms with Crippen LogP contribution in [0.25, 0.3) is 0 Å². The maximum Gasteiger partial charge on any atom is 0.134 e. The molecular formula is C20H26O3. The smallest absolute Gasteiger partial charge is 0.134 e. The lowest BCUT2D eigenvalue weighted by Gasteiger charge is -2.19. The molecule has 3 nitrogen and oxygen atoms in total. The molecule has 0 radical (unpaired) electrons. The highest BCUT2D eigenvalue weighted by atomic mass is 16.5. The second-order valence-electron chi connectivity index (χ2n) is 5.70. The van der Waals surface area contributed by atoms with Crippen LogP contribution in [0.4, 0.5) is 0 Å². The Morgan fingerprint density at radius 1 is 0.609 bits per heavy atom. The van der Waals surface area contributed by atoms with Gasteiger partial charge in [0.15, 0.2) is 0 Å². The molecule has 0 bridgehead atoms. The van der Waals surface area contributed by atoms with E-state index in [-0.39, 0.29) is 11.5 Å². The quantitative estimate of drug-likeness (QED) is 0.776. The van der Waals surface area contributed by atoms with Crippen LogP contribution in [0.15, 0.2) is 24.3 Å². The van der Waals surface area contributed by atoms with Gasteiger partial charge in [0, 0.05) is 0 Å². The van der Waals surface area contributed by atoms with E-state index in [4.69, 9.17) is 4.74 Å². The largest absolute Gasteiger partial charge is 0.508 e. The first-order valence-electron chi connectivity index (χ1n) is 8.41. The third-order valence-corrected chi connectivity index (χ3v) is 4.18. The number of phenolic OH excluding ortho intramolecular Hbond substituents is 2. The minimum absolute atomic E-state index is 0.281. The Morgan fingerprint density at radius 3 is 1.09 bits per heavy atom. The fourth-order valence-electron chi connectivity index (χ4n) is 2.89. The number of aromatic hydroxyl groups is 2. The van der Waals surface area contributed by atoms with E-state index in [2.05, 4.69) is 27.7 Å². The number of benzene rings is 2. The van der Waals surface area contributed by atoms with Crippen molar-refractivity contribution in [1.82, 2.24) is 0 Å². The van der Waals surface area contributed by atoms with E-state index in [1.54, 1.807) is 24.3 Å². The highest BCUT2D eigenvalue weighted by molar-refractivity contribution is 5.53. The third-order valence-electron chi connectivity index (χ3n) is 4.18. The highest BCUT2D eigenvalue weighted by Gasteiger charge is 2.16. The monoisotopic (exact) mass is 314 g/mol. The lowest BCUT2D eigenvalue weighted by Crippen LogP contribution is -2.01. The van der Waals surface area contributed by atoms with E-state index in [0.29, 0.717) is 0 Å². The van der Waals surface area contributed by atoms with Crippen LogP contribution < -0.4 is 4.74 Å². The summed E-state index contributed by atoms with van der Waals surface area (Å²) in [6, 6.07) is 7.08. The molecule has 3 heteroatoms. The average molecular weight is 314 g/mol. The molecular weight excluding hydrogens is 288 g/mol. The zero-order valence-electron chi connectivity index (χ0n) is 14.4. The summed E-state index contributed by atoms with van der Waals surface area (Å²) in [5.41, 5.74) is 4.00. The number of ether oxygens (including phenoxy) is 1. The second kappa shape index (κ2) is 7.40. The summed E-state index contributed by atoms with van der Waals surface area (Å²) in [4.78, 5) is 0. The fraction of sp³-hybridized carbons (Fsp3) is 0.400. The Morgan fingerprint density at radius 2 is 0.870 bits per heavy atom. The molecule has 0 aliphatic rings. The molecule has 23 heavy (non-hydrogen) atoms. The maximum absolute atomic E-state index is 9.90. The van der Waals surface area contributed by atoms with E-state index in [0.717, 1.165) is 59.4 Å². The predicted octanol–water partition coefficient (Wildman–Crippen LogP) is 5.14. The summed E-state index contributed by atoms with van der Waals surface area (Å²) in [6.07, 6.45) is 3.16. The van der Waals surface area contributed by atoms with Gasteiger partial charge in [0.25, 0.3) is 0 Å². The zero-order chi connectivity index (χ0) is 17.0. The van der Waals surface area contributed by atoms with E-state index in [1.807, 2.05) is 0 Å². The maximum atomic E-state index is 9.90. The number of phenols is 2. The van der Waals surface area contributed by atoms with Gasteiger partial charge < -0.3 is 14.9 Å². The van der Waals surface area contributed by atoms with Crippen molar-refractivity contribution in [2.24, 2.45) is 0 Å². The Bertz CT molecular complexity index is 580. The van der Waals surface area contributed by atoms with E-state index in [9.17, 15) is 10.2 Å². The molecule has 0 aliphatic heterocycles. The summed E-state index contributed by atoms with van der Waals surface area (Å²) in [7, 11) is 0. The van der Waals surface area contributed by atoms with Crippen LogP contribution in [-0.4, -0.2) is 10.2 Å². The van der Waals surface area contributed by atoms with Crippen LogP contribution in [0.1, 0.15) is 49.9 Å². The van der Waals surface area contributed by atoms with Gasteiger partial charge in [0.2, 0.25) is 0 Å². The van der Waals surface area contributed by atoms with Gasteiger partial charge in [-0.1, -0.05) is 27.7 Å². The minimum Gasteiger partial charge on any atom is -0.508 e. The zero-order valence-corrected chi connectivity index (χ0v) is 14.4. The van der Waals surface area contributed by atoms with Crippen molar-refractivity contribution in [3.05, 3.63) is 46.5 Å². The molecule has 0 aliphatic carbocycles. The number of aryl methyl sites for hydroxylation is 4. The third kappa shape index (κ3) is 3.61. The molecule has 2 aromatic rings. The van der Waals surface area contributed by atoms with Gasteiger partial charge in [-0.25, -0.2) is 0 Å². The highest BCUT2D eigenvalue weighted by Crippen LogP contribution is 2.38. The molecule has 0 fully saturated rings. The van der Waals surface area contributed by atoms with Crippen LogP contribution >= 0.6 is 0 Å². The van der Waals surface area contributed by atoms with Crippen LogP contribution in [-0.2, 0) is 25.7 Å². The molecule has 0 unspecified atom stereocenters. The van der Waals surface area contributed by atoms with Gasteiger partial charge in [-0.2, -0.15) is 0 Å². The van der Waals surface area contributed by atoms with Crippen molar-refractivity contribution >= 4 is 0 Å². The molecule has 0 amide bonds. The molecule has 0 aromatic heterocycles. The molecule has 0 saturated heterocycles. The Balaban J connectivity index is 2.59. The Kier molecular flexibility index (Phi) is 5.54. The Labute approximate surface area is 138 Å². The van der Waals surface area contributed by atoms with Crippen molar-refractivity contribution in [2.75, 3.05) is 0 Å². The minimum atomic E-state index is 0.281. The van der Waals surface area contributed by atoms with Gasteiger partial charge in [-0.05, 0) is 72.2 Å². The van der Waals surface area contributed by atoms with E-state index < -0.39 is 0 Å². The van der Waals surface area contributed by atoms with Gasteiger partial charge in [0.05, 0.1) is 0 Å². The normalized spacial score (nSPS) is 10.8. The topological polar surface area (TPSA) is 49.7 Å². The molecule has 0 spiro atoms. The lowest BCUT2D eigenvalue weighted by atomic mass is 10.0.